The molecule has 0 saturated carbocycles. The predicted octanol–water partition coefficient (Wildman–Crippen LogP) is -0.516. The molecule has 1 saturated heterocycles. The van der Waals surface area contributed by atoms with Crippen LogP contribution in [-0.4, -0.2) is 41.2 Å². The molecule has 4 N–H and O–H groups in total. The second-order valence-electron chi connectivity index (χ2n) is 4.01. The quantitative estimate of drug-likeness (QED) is 0.679. The number of carbonyl (C=O) groups excluding carboxylic acids is 1. The van der Waals surface area contributed by atoms with Crippen molar-refractivity contribution in [3.05, 3.63) is 11.1 Å². The number of nitrogens with zero attached hydrogens (tertiary/aromatic N) is 1. The maximum absolute atomic E-state index is 11.7. The third-order valence-electron chi connectivity index (χ3n) is 2.66. The fourth-order valence-electron chi connectivity index (χ4n) is 1.77. The van der Waals surface area contributed by atoms with Gasteiger partial charge in [0.2, 0.25) is 5.91 Å². The van der Waals surface area contributed by atoms with Gasteiger partial charge in [-0.25, -0.2) is 4.98 Å². The van der Waals surface area contributed by atoms with Crippen molar-refractivity contribution < 1.29 is 19.4 Å². The van der Waals surface area contributed by atoms with Gasteiger partial charge < -0.3 is 20.9 Å². The molecule has 1 aliphatic rings. The summed E-state index contributed by atoms with van der Waals surface area (Å²) in [6.07, 6.45) is 0.0938. The first-order valence-electron chi connectivity index (χ1n) is 5.36. The highest BCUT2D eigenvalue weighted by Crippen LogP contribution is 2.15. The van der Waals surface area contributed by atoms with Crippen molar-refractivity contribution in [2.45, 2.75) is 12.5 Å². The average molecular weight is 271 g/mol. The zero-order valence-electron chi connectivity index (χ0n) is 9.46. The van der Waals surface area contributed by atoms with E-state index in [1.54, 1.807) is 5.38 Å². The summed E-state index contributed by atoms with van der Waals surface area (Å²) < 4.78 is 5.06. The summed E-state index contributed by atoms with van der Waals surface area (Å²) in [5.41, 5.74) is 6.04. The van der Waals surface area contributed by atoms with E-state index in [9.17, 15) is 9.59 Å². The second-order valence-corrected chi connectivity index (χ2v) is 4.90. The summed E-state index contributed by atoms with van der Waals surface area (Å²) in [7, 11) is 0. The van der Waals surface area contributed by atoms with Crippen molar-refractivity contribution in [3.8, 4) is 0 Å². The maximum atomic E-state index is 11.7. The third-order valence-corrected chi connectivity index (χ3v) is 3.38. The average Bonchev–Trinajstić information content (AvgIpc) is 2.87. The summed E-state index contributed by atoms with van der Waals surface area (Å²) in [4.78, 5) is 26.6. The summed E-state index contributed by atoms with van der Waals surface area (Å²) >= 11 is 1.26. The minimum absolute atomic E-state index is 0.0938. The van der Waals surface area contributed by atoms with Gasteiger partial charge in [0.1, 0.15) is 5.92 Å². The lowest BCUT2D eigenvalue weighted by atomic mass is 10.0. The number of nitrogen functional groups attached to an aromatic ring is 1. The molecule has 1 aromatic heterocycles. The van der Waals surface area contributed by atoms with Crippen LogP contribution in [0.25, 0.3) is 0 Å². The van der Waals surface area contributed by atoms with E-state index < -0.39 is 17.9 Å². The summed E-state index contributed by atoms with van der Waals surface area (Å²) in [6, 6.07) is -0.481. The predicted molar refractivity (Wildman–Crippen MR) is 64.1 cm³/mol. The number of rotatable bonds is 4. The van der Waals surface area contributed by atoms with Crippen LogP contribution in [0.2, 0.25) is 0 Å². The van der Waals surface area contributed by atoms with Crippen LogP contribution in [0.1, 0.15) is 5.69 Å². The fourth-order valence-corrected chi connectivity index (χ4v) is 2.33. The zero-order valence-corrected chi connectivity index (χ0v) is 10.3. The molecule has 2 heterocycles. The molecule has 2 unspecified atom stereocenters. The van der Waals surface area contributed by atoms with Gasteiger partial charge in [-0.1, -0.05) is 0 Å². The van der Waals surface area contributed by atoms with Crippen molar-refractivity contribution in [1.29, 1.82) is 0 Å². The van der Waals surface area contributed by atoms with Gasteiger partial charge in [0.05, 0.1) is 31.4 Å². The van der Waals surface area contributed by atoms with E-state index in [-0.39, 0.29) is 25.5 Å². The standard InChI is InChI=1S/C10H13N3O4S/c11-10-12-5(4-18-10)1-8(14)13-7-3-17-2-6(7)9(15)16/h4,6-7H,1-3H2,(H2,11,12)(H,13,14)(H,15,16). The lowest BCUT2D eigenvalue weighted by Gasteiger charge is -2.15. The van der Waals surface area contributed by atoms with E-state index in [4.69, 9.17) is 15.6 Å². The molecular formula is C10H13N3O4S. The number of hydrogen-bond donors (Lipinski definition) is 3. The van der Waals surface area contributed by atoms with Gasteiger partial charge in [-0.05, 0) is 0 Å². The van der Waals surface area contributed by atoms with Crippen LogP contribution in [-0.2, 0) is 20.7 Å². The van der Waals surface area contributed by atoms with E-state index >= 15 is 0 Å². The van der Waals surface area contributed by atoms with Crippen LogP contribution in [0.5, 0.6) is 0 Å². The lowest BCUT2D eigenvalue weighted by molar-refractivity contribution is -0.142. The number of ether oxygens (including phenoxy) is 1. The van der Waals surface area contributed by atoms with Crippen LogP contribution in [0.15, 0.2) is 5.38 Å². The summed E-state index contributed by atoms with van der Waals surface area (Å²) in [5, 5.41) is 13.7. The van der Waals surface area contributed by atoms with Gasteiger partial charge in [-0.15, -0.1) is 11.3 Å². The topological polar surface area (TPSA) is 115 Å². The summed E-state index contributed by atoms with van der Waals surface area (Å²) in [6.45, 7) is 0.353. The van der Waals surface area contributed by atoms with Gasteiger partial charge in [-0.2, -0.15) is 0 Å². The Hall–Kier alpha value is -1.67. The van der Waals surface area contributed by atoms with Gasteiger partial charge in [0.15, 0.2) is 5.13 Å². The van der Waals surface area contributed by atoms with Crippen molar-refractivity contribution in [1.82, 2.24) is 10.3 Å². The first-order chi connectivity index (χ1) is 8.56. The number of carbonyl (C=O) groups is 2. The monoisotopic (exact) mass is 271 g/mol. The van der Waals surface area contributed by atoms with Crippen molar-refractivity contribution in [2.24, 2.45) is 5.92 Å². The Bertz CT molecular complexity index is 462. The molecule has 8 heteroatoms. The smallest absolute Gasteiger partial charge is 0.311 e. The first-order valence-corrected chi connectivity index (χ1v) is 6.24. The van der Waals surface area contributed by atoms with Crippen LogP contribution in [0.3, 0.4) is 0 Å². The van der Waals surface area contributed by atoms with E-state index in [0.29, 0.717) is 10.8 Å². The SMILES string of the molecule is Nc1nc(CC(=O)NC2COCC2C(=O)O)cs1. The van der Waals surface area contributed by atoms with Crippen LogP contribution < -0.4 is 11.1 Å². The van der Waals surface area contributed by atoms with Gasteiger partial charge in [-0.3, -0.25) is 9.59 Å². The van der Waals surface area contributed by atoms with E-state index in [0.717, 1.165) is 0 Å². The molecule has 18 heavy (non-hydrogen) atoms. The molecule has 2 atom stereocenters. The molecule has 0 bridgehead atoms. The van der Waals surface area contributed by atoms with Gasteiger partial charge in [0, 0.05) is 5.38 Å². The number of amides is 1. The van der Waals surface area contributed by atoms with Crippen molar-refractivity contribution in [3.63, 3.8) is 0 Å². The lowest BCUT2D eigenvalue weighted by Crippen LogP contribution is -2.43. The largest absolute Gasteiger partial charge is 0.481 e. The Labute approximate surface area is 107 Å². The van der Waals surface area contributed by atoms with E-state index in [1.165, 1.54) is 11.3 Å². The molecule has 1 amide bonds. The molecule has 0 radical (unpaired) electrons. The van der Waals surface area contributed by atoms with E-state index in [1.807, 2.05) is 0 Å². The Morgan fingerprint density at radius 3 is 3.00 bits per heavy atom. The number of anilines is 1. The maximum Gasteiger partial charge on any atom is 0.311 e. The minimum atomic E-state index is -0.962. The Morgan fingerprint density at radius 1 is 1.61 bits per heavy atom. The first kappa shape index (κ1) is 12.8. The highest BCUT2D eigenvalue weighted by atomic mass is 32.1. The number of thiazole rings is 1. The van der Waals surface area contributed by atoms with Crippen LogP contribution >= 0.6 is 11.3 Å². The molecule has 0 aromatic carbocycles. The minimum Gasteiger partial charge on any atom is -0.481 e. The molecular weight excluding hydrogens is 258 g/mol. The number of aromatic nitrogens is 1. The number of aliphatic carboxylic acids is 1. The Kier molecular flexibility index (Phi) is 3.78. The number of nitrogens with two attached hydrogens (primary N) is 1. The Balaban J connectivity index is 1.89. The van der Waals surface area contributed by atoms with Crippen LogP contribution in [0, 0.1) is 5.92 Å². The number of carboxylic acids is 1. The molecule has 0 aliphatic carbocycles. The number of carboxylic acid groups (broad SMARTS) is 1. The van der Waals surface area contributed by atoms with E-state index in [2.05, 4.69) is 10.3 Å². The Morgan fingerprint density at radius 2 is 2.39 bits per heavy atom. The van der Waals surface area contributed by atoms with Crippen molar-refractivity contribution in [2.75, 3.05) is 18.9 Å². The zero-order chi connectivity index (χ0) is 13.1. The molecule has 7 nitrogen and oxygen atoms in total. The molecule has 98 valence electrons. The van der Waals surface area contributed by atoms with Crippen LogP contribution in [0.4, 0.5) is 5.13 Å². The van der Waals surface area contributed by atoms with Gasteiger partial charge >= 0.3 is 5.97 Å². The third kappa shape index (κ3) is 2.96. The van der Waals surface area contributed by atoms with Gasteiger partial charge in [0.25, 0.3) is 0 Å². The molecule has 1 aromatic rings. The highest BCUT2D eigenvalue weighted by molar-refractivity contribution is 7.13. The second kappa shape index (κ2) is 5.32. The summed E-state index contributed by atoms with van der Waals surface area (Å²) in [5.74, 6) is -1.92. The fraction of sp³-hybridized carbons (Fsp3) is 0.500. The molecule has 2 rings (SSSR count). The number of nitrogens with one attached hydrogen (secondary N) is 1. The molecule has 0 spiro atoms. The highest BCUT2D eigenvalue weighted by Gasteiger charge is 2.34. The molecule has 1 aliphatic heterocycles. The molecule has 1 fully saturated rings. The normalized spacial score (nSPS) is 22.9. The van der Waals surface area contributed by atoms with Crippen molar-refractivity contribution >= 4 is 28.3 Å². The number of hydrogen-bond acceptors (Lipinski definition) is 6.